The van der Waals surface area contributed by atoms with Gasteiger partial charge in [0.05, 0.1) is 5.02 Å². The summed E-state index contributed by atoms with van der Waals surface area (Å²) in [5, 5.41) is 1.07. The molecule has 0 bridgehead atoms. The van der Waals surface area contributed by atoms with Crippen molar-refractivity contribution < 1.29 is 9.53 Å². The van der Waals surface area contributed by atoms with Crippen molar-refractivity contribution in [3.63, 3.8) is 0 Å². The number of hydrogen-bond acceptors (Lipinski definition) is 5. The lowest BCUT2D eigenvalue weighted by atomic mass is 10.1. The molecule has 4 rings (SSSR count). The number of rotatable bonds is 4. The summed E-state index contributed by atoms with van der Waals surface area (Å²) >= 11 is 12.2. The average Bonchev–Trinajstić information content (AvgIpc) is 2.75. The molecule has 1 amide bonds. The van der Waals surface area contributed by atoms with Crippen LogP contribution in [0.5, 0.6) is 11.6 Å². The highest BCUT2D eigenvalue weighted by Crippen LogP contribution is 2.29. The van der Waals surface area contributed by atoms with Gasteiger partial charge in [0.2, 0.25) is 5.88 Å². The van der Waals surface area contributed by atoms with Crippen molar-refractivity contribution in [2.75, 3.05) is 24.5 Å². The quantitative estimate of drug-likeness (QED) is 0.573. The monoisotopic (exact) mass is 442 g/mol. The van der Waals surface area contributed by atoms with Crippen LogP contribution in [0.2, 0.25) is 10.0 Å². The molecule has 8 heteroatoms. The van der Waals surface area contributed by atoms with Crippen molar-refractivity contribution in [3.8, 4) is 11.6 Å². The SMILES string of the molecule is C[C@H]1CN(c2cc(Oc3ccccc3Cl)ncn2)CCN1C(=O)c1cccc(Cl)c1. The standard InChI is InChI=1S/C22H20Cl2N4O2/c1-15-13-27(9-10-28(15)22(29)16-5-4-6-17(23)11-16)20-12-21(26-14-25-20)30-19-8-3-2-7-18(19)24/h2-8,11-12,14-15H,9-10,13H2,1H3/t15-/m0/s1. The Hall–Kier alpha value is -2.83. The maximum Gasteiger partial charge on any atom is 0.254 e. The molecule has 0 saturated carbocycles. The minimum absolute atomic E-state index is 0.00753. The fourth-order valence-electron chi connectivity index (χ4n) is 3.45. The van der Waals surface area contributed by atoms with E-state index in [-0.39, 0.29) is 11.9 Å². The summed E-state index contributed by atoms with van der Waals surface area (Å²) in [6.45, 7) is 3.90. The number of hydrogen-bond donors (Lipinski definition) is 0. The van der Waals surface area contributed by atoms with E-state index in [2.05, 4.69) is 14.9 Å². The van der Waals surface area contributed by atoms with E-state index in [1.807, 2.05) is 24.0 Å². The van der Waals surface area contributed by atoms with Crippen LogP contribution in [0.1, 0.15) is 17.3 Å². The molecule has 1 atom stereocenters. The zero-order chi connectivity index (χ0) is 21.1. The van der Waals surface area contributed by atoms with Gasteiger partial charge in [-0.15, -0.1) is 0 Å². The van der Waals surface area contributed by atoms with E-state index in [1.165, 1.54) is 6.33 Å². The van der Waals surface area contributed by atoms with E-state index in [0.29, 0.717) is 46.9 Å². The summed E-state index contributed by atoms with van der Waals surface area (Å²) < 4.78 is 5.81. The Labute approximate surface area is 185 Å². The van der Waals surface area contributed by atoms with Gasteiger partial charge in [-0.3, -0.25) is 4.79 Å². The number of carbonyl (C=O) groups is 1. The lowest BCUT2D eigenvalue weighted by Gasteiger charge is -2.40. The topological polar surface area (TPSA) is 58.6 Å². The summed E-state index contributed by atoms with van der Waals surface area (Å²) in [5.41, 5.74) is 0.597. The van der Waals surface area contributed by atoms with E-state index in [4.69, 9.17) is 27.9 Å². The van der Waals surface area contributed by atoms with Gasteiger partial charge in [-0.1, -0.05) is 41.4 Å². The lowest BCUT2D eigenvalue weighted by molar-refractivity contribution is 0.0673. The van der Waals surface area contributed by atoms with Crippen LogP contribution in [0.25, 0.3) is 0 Å². The average molecular weight is 443 g/mol. The number of benzene rings is 2. The Morgan fingerprint density at radius 3 is 2.67 bits per heavy atom. The van der Waals surface area contributed by atoms with Gasteiger partial charge in [0.15, 0.2) is 0 Å². The first-order valence-corrected chi connectivity index (χ1v) is 10.3. The van der Waals surface area contributed by atoms with Crippen LogP contribution >= 0.6 is 23.2 Å². The van der Waals surface area contributed by atoms with Crippen molar-refractivity contribution in [3.05, 3.63) is 76.5 Å². The van der Waals surface area contributed by atoms with Crippen molar-refractivity contribution in [2.45, 2.75) is 13.0 Å². The van der Waals surface area contributed by atoms with Gasteiger partial charge in [0, 0.05) is 42.3 Å². The minimum atomic E-state index is -0.0184. The number of aromatic nitrogens is 2. The Kier molecular flexibility index (Phi) is 6.06. The van der Waals surface area contributed by atoms with Crippen LogP contribution in [0.4, 0.5) is 5.82 Å². The summed E-state index contributed by atoms with van der Waals surface area (Å²) in [7, 11) is 0. The fourth-order valence-corrected chi connectivity index (χ4v) is 3.82. The van der Waals surface area contributed by atoms with Crippen LogP contribution in [0.15, 0.2) is 60.9 Å². The van der Waals surface area contributed by atoms with E-state index in [1.54, 1.807) is 42.5 Å². The highest BCUT2D eigenvalue weighted by Gasteiger charge is 2.29. The van der Waals surface area contributed by atoms with Crippen molar-refractivity contribution in [1.29, 1.82) is 0 Å². The highest BCUT2D eigenvalue weighted by molar-refractivity contribution is 6.32. The van der Waals surface area contributed by atoms with Crippen molar-refractivity contribution >= 4 is 34.9 Å². The molecule has 1 aliphatic rings. The molecular weight excluding hydrogens is 423 g/mol. The third-order valence-electron chi connectivity index (χ3n) is 4.96. The molecule has 6 nitrogen and oxygen atoms in total. The third kappa shape index (κ3) is 4.50. The van der Waals surface area contributed by atoms with E-state index < -0.39 is 0 Å². The molecule has 2 aromatic carbocycles. The Morgan fingerprint density at radius 2 is 1.90 bits per heavy atom. The molecule has 30 heavy (non-hydrogen) atoms. The molecule has 1 aliphatic heterocycles. The summed E-state index contributed by atoms with van der Waals surface area (Å²) in [6.07, 6.45) is 1.47. The van der Waals surface area contributed by atoms with Gasteiger partial charge >= 0.3 is 0 Å². The molecule has 1 saturated heterocycles. The molecule has 1 aromatic heterocycles. The second-order valence-corrected chi connectivity index (χ2v) is 7.89. The van der Waals surface area contributed by atoms with Gasteiger partial charge in [-0.05, 0) is 37.3 Å². The highest BCUT2D eigenvalue weighted by atomic mass is 35.5. The Bertz CT molecular complexity index is 1060. The van der Waals surface area contributed by atoms with Gasteiger partial charge in [0.1, 0.15) is 17.9 Å². The second-order valence-electron chi connectivity index (χ2n) is 7.05. The molecule has 154 valence electrons. The second kappa shape index (κ2) is 8.90. The van der Waals surface area contributed by atoms with Gasteiger partial charge in [-0.2, -0.15) is 0 Å². The van der Waals surface area contributed by atoms with E-state index >= 15 is 0 Å². The van der Waals surface area contributed by atoms with E-state index in [0.717, 1.165) is 5.82 Å². The van der Waals surface area contributed by atoms with Crippen LogP contribution in [0, 0.1) is 0 Å². The third-order valence-corrected chi connectivity index (χ3v) is 5.51. The lowest BCUT2D eigenvalue weighted by Crippen LogP contribution is -2.54. The molecule has 3 aromatic rings. The molecular formula is C22H20Cl2N4O2. The molecule has 2 heterocycles. The van der Waals surface area contributed by atoms with Crippen LogP contribution in [0.3, 0.4) is 0 Å². The number of nitrogens with zero attached hydrogens (tertiary/aromatic N) is 4. The van der Waals surface area contributed by atoms with E-state index in [9.17, 15) is 4.79 Å². The molecule has 0 radical (unpaired) electrons. The molecule has 1 fully saturated rings. The number of ether oxygens (including phenoxy) is 1. The van der Waals surface area contributed by atoms with Crippen LogP contribution < -0.4 is 9.64 Å². The van der Waals surface area contributed by atoms with Gasteiger partial charge < -0.3 is 14.5 Å². The first kappa shape index (κ1) is 20.4. The Balaban J connectivity index is 1.45. The molecule has 0 aliphatic carbocycles. The number of carbonyl (C=O) groups excluding carboxylic acids is 1. The largest absolute Gasteiger partial charge is 0.437 e. The predicted molar refractivity (Wildman–Crippen MR) is 118 cm³/mol. The fraction of sp³-hybridized carbons (Fsp3) is 0.227. The summed E-state index contributed by atoms with van der Waals surface area (Å²) in [4.78, 5) is 25.4. The first-order chi connectivity index (χ1) is 14.5. The predicted octanol–water partition coefficient (Wildman–Crippen LogP) is 4.93. The summed E-state index contributed by atoms with van der Waals surface area (Å²) in [5.74, 6) is 1.68. The maximum atomic E-state index is 12.9. The number of halogens is 2. The number of amides is 1. The maximum absolute atomic E-state index is 12.9. The van der Waals surface area contributed by atoms with Gasteiger partial charge in [0.25, 0.3) is 5.91 Å². The summed E-state index contributed by atoms with van der Waals surface area (Å²) in [6, 6.07) is 16.1. The molecule has 0 N–H and O–H groups in total. The van der Waals surface area contributed by atoms with Crippen molar-refractivity contribution in [1.82, 2.24) is 14.9 Å². The number of anilines is 1. The zero-order valence-electron chi connectivity index (χ0n) is 16.3. The normalized spacial score (nSPS) is 16.4. The first-order valence-electron chi connectivity index (χ1n) is 9.57. The number of para-hydroxylation sites is 1. The molecule has 0 unspecified atom stereocenters. The van der Waals surface area contributed by atoms with Crippen molar-refractivity contribution in [2.24, 2.45) is 0 Å². The smallest absolute Gasteiger partial charge is 0.254 e. The van der Waals surface area contributed by atoms with Crippen LogP contribution in [-0.4, -0.2) is 46.5 Å². The molecule has 0 spiro atoms. The minimum Gasteiger partial charge on any atom is -0.437 e. The van der Waals surface area contributed by atoms with Gasteiger partial charge in [-0.25, -0.2) is 9.97 Å². The van der Waals surface area contributed by atoms with Crippen LogP contribution in [-0.2, 0) is 0 Å². The zero-order valence-corrected chi connectivity index (χ0v) is 17.8. The Morgan fingerprint density at radius 1 is 1.07 bits per heavy atom. The number of piperazine rings is 1.